The summed E-state index contributed by atoms with van der Waals surface area (Å²) in [5, 5.41) is 4.41. The highest BCUT2D eigenvalue weighted by atomic mass is 35.5. The summed E-state index contributed by atoms with van der Waals surface area (Å²) < 4.78 is 1.53. The van der Waals surface area contributed by atoms with E-state index in [1.54, 1.807) is 18.3 Å². The fraction of sp³-hybridized carbons (Fsp3) is 0.160. The van der Waals surface area contributed by atoms with Crippen LogP contribution in [0.2, 0.25) is 5.02 Å². The van der Waals surface area contributed by atoms with Gasteiger partial charge in [-0.1, -0.05) is 59.6 Å². The maximum absolute atomic E-state index is 12.8. The number of thiazole rings is 1. The third-order valence-electron chi connectivity index (χ3n) is 5.02. The summed E-state index contributed by atoms with van der Waals surface area (Å²) in [6, 6.07) is 18.6. The number of hydrogen-bond acceptors (Lipinski definition) is 4. The number of nitrogens with zero attached hydrogens (tertiary/aromatic N) is 2. The van der Waals surface area contributed by atoms with Gasteiger partial charge in [-0.3, -0.25) is 9.59 Å². The molecule has 2 heterocycles. The Bertz CT molecular complexity index is 1330. The summed E-state index contributed by atoms with van der Waals surface area (Å²) in [6.07, 6.45) is 1.85. The summed E-state index contributed by atoms with van der Waals surface area (Å²) in [7, 11) is 0. The number of amides is 1. The summed E-state index contributed by atoms with van der Waals surface area (Å²) in [5.74, 6) is -0.162. The highest BCUT2D eigenvalue weighted by Gasteiger charge is 2.15. The quantitative estimate of drug-likeness (QED) is 0.412. The smallest absolute Gasteiger partial charge is 0.250 e. The summed E-state index contributed by atoms with van der Waals surface area (Å²) >= 11 is 7.75. The second-order valence-corrected chi connectivity index (χ2v) is 9.27. The number of halogens is 1. The normalized spacial score (nSPS) is 10.8. The Morgan fingerprint density at radius 1 is 1.06 bits per heavy atom. The Morgan fingerprint density at radius 3 is 2.56 bits per heavy atom. The molecule has 0 aliphatic heterocycles. The molecule has 7 heteroatoms. The third-order valence-corrected chi connectivity index (χ3v) is 6.36. The minimum atomic E-state index is -0.164. The molecule has 0 bridgehead atoms. The van der Waals surface area contributed by atoms with Crippen molar-refractivity contribution in [3.63, 3.8) is 0 Å². The minimum Gasteiger partial charge on any atom is -0.324 e. The lowest BCUT2D eigenvalue weighted by molar-refractivity contribution is -0.115. The van der Waals surface area contributed by atoms with Crippen molar-refractivity contribution in [2.75, 3.05) is 5.32 Å². The Morgan fingerprint density at radius 2 is 1.81 bits per heavy atom. The molecule has 4 aromatic rings. The lowest BCUT2D eigenvalue weighted by Gasteiger charge is -2.11. The van der Waals surface area contributed by atoms with E-state index in [0.29, 0.717) is 17.3 Å². The van der Waals surface area contributed by atoms with E-state index >= 15 is 0 Å². The Labute approximate surface area is 195 Å². The first-order chi connectivity index (χ1) is 15.4. The molecule has 4 rings (SSSR count). The molecule has 32 heavy (non-hydrogen) atoms. The number of carbonyl (C=O) groups excluding carboxylic acids is 1. The first kappa shape index (κ1) is 22.0. The molecule has 0 unspecified atom stereocenters. The Balaban J connectivity index is 1.51. The van der Waals surface area contributed by atoms with E-state index in [1.165, 1.54) is 27.5 Å². The predicted molar refractivity (Wildman–Crippen MR) is 131 cm³/mol. The number of aryl methyl sites for hydroxylation is 2. The predicted octanol–water partition coefficient (Wildman–Crippen LogP) is 5.47. The number of anilines is 1. The topological polar surface area (TPSA) is 64.0 Å². The Kier molecular flexibility index (Phi) is 6.53. The molecule has 0 fully saturated rings. The number of benzene rings is 2. The van der Waals surface area contributed by atoms with Gasteiger partial charge in [0.25, 0.3) is 5.56 Å². The van der Waals surface area contributed by atoms with Crippen LogP contribution in [0.5, 0.6) is 0 Å². The van der Waals surface area contributed by atoms with E-state index < -0.39 is 0 Å². The van der Waals surface area contributed by atoms with Crippen molar-refractivity contribution in [3.8, 4) is 11.3 Å². The van der Waals surface area contributed by atoms with E-state index in [9.17, 15) is 9.59 Å². The molecule has 162 valence electrons. The van der Waals surface area contributed by atoms with Crippen molar-refractivity contribution in [3.05, 3.63) is 103 Å². The van der Waals surface area contributed by atoms with Crippen LogP contribution in [0, 0.1) is 13.8 Å². The van der Waals surface area contributed by atoms with Crippen LogP contribution in [0.15, 0.2) is 71.7 Å². The first-order valence-corrected chi connectivity index (χ1v) is 11.4. The molecular formula is C25H22ClN3O2S. The average Bonchev–Trinajstić information content (AvgIpc) is 3.12. The molecule has 2 aromatic carbocycles. The molecule has 1 N–H and O–H groups in total. The molecule has 1 amide bonds. The van der Waals surface area contributed by atoms with Crippen LogP contribution in [0.1, 0.15) is 21.0 Å². The van der Waals surface area contributed by atoms with Crippen LogP contribution < -0.4 is 10.9 Å². The van der Waals surface area contributed by atoms with E-state index in [1.807, 2.05) is 56.3 Å². The monoisotopic (exact) mass is 463 g/mol. The van der Waals surface area contributed by atoms with Crippen molar-refractivity contribution < 1.29 is 4.79 Å². The highest BCUT2D eigenvalue weighted by molar-refractivity contribution is 7.12. The number of aromatic nitrogens is 2. The molecule has 0 aliphatic rings. The zero-order valence-electron chi connectivity index (χ0n) is 17.8. The number of rotatable bonds is 6. The van der Waals surface area contributed by atoms with E-state index in [4.69, 9.17) is 11.6 Å². The molecular weight excluding hydrogens is 442 g/mol. The standard InChI is InChI=1S/C25H22ClN3O2S/c1-16-7-9-18(10-8-16)25-22(32-17(2)27-25)13-23(30)28-20-11-12-24(31)29(15-20)14-19-5-3-4-6-21(19)26/h3-12,15H,13-14H2,1-2H3,(H,28,30). The maximum atomic E-state index is 12.8. The maximum Gasteiger partial charge on any atom is 0.250 e. The molecule has 5 nitrogen and oxygen atoms in total. The first-order valence-electron chi connectivity index (χ1n) is 10.2. The molecule has 0 atom stereocenters. The molecule has 0 spiro atoms. The Hall–Kier alpha value is -3.22. The number of carbonyl (C=O) groups is 1. The van der Waals surface area contributed by atoms with Gasteiger partial charge in [-0.25, -0.2) is 4.98 Å². The van der Waals surface area contributed by atoms with E-state index in [2.05, 4.69) is 10.3 Å². The van der Waals surface area contributed by atoms with Gasteiger partial charge in [0.05, 0.1) is 29.4 Å². The second kappa shape index (κ2) is 9.51. The van der Waals surface area contributed by atoms with Crippen LogP contribution in [0.25, 0.3) is 11.3 Å². The third kappa shape index (κ3) is 5.15. The summed E-state index contributed by atoms with van der Waals surface area (Å²) in [6.45, 7) is 4.30. The van der Waals surface area contributed by atoms with Crippen molar-refractivity contribution in [1.29, 1.82) is 0 Å². The zero-order valence-corrected chi connectivity index (χ0v) is 19.3. The largest absolute Gasteiger partial charge is 0.324 e. The van der Waals surface area contributed by atoms with Crippen LogP contribution in [0.3, 0.4) is 0 Å². The molecule has 0 saturated heterocycles. The SMILES string of the molecule is Cc1ccc(-c2nc(C)sc2CC(=O)Nc2ccc(=O)n(Cc3ccccc3Cl)c2)cc1. The van der Waals surface area contributed by atoms with Crippen LogP contribution in [-0.2, 0) is 17.8 Å². The van der Waals surface area contributed by atoms with E-state index in [-0.39, 0.29) is 17.9 Å². The lowest BCUT2D eigenvalue weighted by Crippen LogP contribution is -2.21. The van der Waals surface area contributed by atoms with Gasteiger partial charge in [-0.2, -0.15) is 0 Å². The van der Waals surface area contributed by atoms with Gasteiger partial charge in [0.2, 0.25) is 5.91 Å². The fourth-order valence-corrected chi connectivity index (χ4v) is 4.57. The van der Waals surface area contributed by atoms with E-state index in [0.717, 1.165) is 26.7 Å². The van der Waals surface area contributed by atoms with Gasteiger partial charge in [0.1, 0.15) is 0 Å². The molecule has 0 aliphatic carbocycles. The van der Waals surface area contributed by atoms with Gasteiger partial charge in [-0.15, -0.1) is 11.3 Å². The molecule has 0 radical (unpaired) electrons. The molecule has 2 aromatic heterocycles. The van der Waals surface area contributed by atoms with Crippen LogP contribution in [-0.4, -0.2) is 15.5 Å². The van der Waals surface area contributed by atoms with Gasteiger partial charge in [0, 0.05) is 27.7 Å². The fourth-order valence-electron chi connectivity index (χ4n) is 3.42. The van der Waals surface area contributed by atoms with Gasteiger partial charge in [-0.05, 0) is 31.5 Å². The van der Waals surface area contributed by atoms with Crippen molar-refractivity contribution >= 4 is 34.5 Å². The number of nitrogens with one attached hydrogen (secondary N) is 1. The average molecular weight is 464 g/mol. The van der Waals surface area contributed by atoms with Crippen LogP contribution in [0.4, 0.5) is 5.69 Å². The van der Waals surface area contributed by atoms with Gasteiger partial charge in [0.15, 0.2) is 0 Å². The zero-order chi connectivity index (χ0) is 22.7. The summed E-state index contributed by atoms with van der Waals surface area (Å²) in [5.41, 5.74) is 4.24. The van der Waals surface area contributed by atoms with Crippen molar-refractivity contribution in [2.45, 2.75) is 26.8 Å². The highest BCUT2D eigenvalue weighted by Crippen LogP contribution is 2.29. The van der Waals surface area contributed by atoms with Crippen LogP contribution >= 0.6 is 22.9 Å². The minimum absolute atomic E-state index is 0.162. The molecule has 0 saturated carbocycles. The number of hydrogen-bond donors (Lipinski definition) is 1. The van der Waals surface area contributed by atoms with Gasteiger partial charge >= 0.3 is 0 Å². The number of pyridine rings is 1. The van der Waals surface area contributed by atoms with Crippen molar-refractivity contribution in [1.82, 2.24) is 9.55 Å². The van der Waals surface area contributed by atoms with Crippen molar-refractivity contribution in [2.24, 2.45) is 0 Å². The van der Waals surface area contributed by atoms with Gasteiger partial charge < -0.3 is 9.88 Å². The lowest BCUT2D eigenvalue weighted by atomic mass is 10.1. The summed E-state index contributed by atoms with van der Waals surface area (Å²) in [4.78, 5) is 30.6. The second-order valence-electron chi connectivity index (χ2n) is 7.57.